The molecule has 1 atom stereocenters. The topological polar surface area (TPSA) is 60.5 Å². The summed E-state index contributed by atoms with van der Waals surface area (Å²) in [5, 5.41) is 2.89. The number of halogens is 4. The lowest BCUT2D eigenvalue weighted by Crippen LogP contribution is -2.32. The first kappa shape index (κ1) is 18.5. The van der Waals surface area contributed by atoms with Gasteiger partial charge in [-0.1, -0.05) is 15.9 Å². The number of nitrogens with one attached hydrogen (secondary N) is 1. The van der Waals surface area contributed by atoms with E-state index in [1.807, 2.05) is 18.2 Å². The molecule has 1 aromatic carbocycles. The van der Waals surface area contributed by atoms with Crippen LogP contribution in [0.1, 0.15) is 28.4 Å². The van der Waals surface area contributed by atoms with Crippen LogP contribution in [0, 0.1) is 0 Å². The van der Waals surface area contributed by atoms with Crippen LogP contribution >= 0.6 is 15.9 Å². The number of pyridine rings is 1. The maximum atomic E-state index is 12.4. The van der Waals surface area contributed by atoms with Crippen molar-refractivity contribution in [1.82, 2.24) is 10.3 Å². The Hall–Kier alpha value is -2.29. The van der Waals surface area contributed by atoms with Crippen molar-refractivity contribution in [3.8, 4) is 11.6 Å². The lowest BCUT2D eigenvalue weighted by Gasteiger charge is -2.27. The third kappa shape index (κ3) is 4.66. The Morgan fingerprint density at radius 1 is 1.35 bits per heavy atom. The van der Waals surface area contributed by atoms with E-state index >= 15 is 0 Å². The van der Waals surface area contributed by atoms with Crippen LogP contribution in [0.4, 0.5) is 13.2 Å². The third-order valence-electron chi connectivity index (χ3n) is 3.70. The predicted molar refractivity (Wildman–Crippen MR) is 90.2 cm³/mol. The van der Waals surface area contributed by atoms with E-state index in [9.17, 15) is 18.0 Å². The van der Waals surface area contributed by atoms with Gasteiger partial charge in [-0.2, -0.15) is 13.2 Å². The summed E-state index contributed by atoms with van der Waals surface area (Å²) in [5.41, 5.74) is 1.09. The van der Waals surface area contributed by atoms with Crippen LogP contribution < -0.4 is 14.8 Å². The van der Waals surface area contributed by atoms with E-state index in [0.29, 0.717) is 18.8 Å². The molecule has 0 saturated heterocycles. The van der Waals surface area contributed by atoms with Gasteiger partial charge in [-0.3, -0.25) is 4.79 Å². The van der Waals surface area contributed by atoms with E-state index in [4.69, 9.17) is 4.74 Å². The van der Waals surface area contributed by atoms with E-state index in [0.717, 1.165) is 10.0 Å². The molecule has 1 aromatic heterocycles. The molecule has 0 saturated carbocycles. The van der Waals surface area contributed by atoms with Gasteiger partial charge < -0.3 is 14.8 Å². The number of carbonyl (C=O) groups is 1. The van der Waals surface area contributed by atoms with Crippen molar-refractivity contribution in [3.63, 3.8) is 0 Å². The minimum Gasteiger partial charge on any atom is -0.493 e. The van der Waals surface area contributed by atoms with Gasteiger partial charge in [-0.15, -0.1) is 0 Å². The second-order valence-corrected chi connectivity index (χ2v) is 6.55. The SMILES string of the molecule is O=C(NC1CCOc2ccc(Br)cc21)c1ccc(OCC(F)(F)F)nc1. The summed E-state index contributed by atoms with van der Waals surface area (Å²) in [7, 11) is 0. The zero-order valence-corrected chi connectivity index (χ0v) is 14.9. The standard InChI is InChI=1S/C17H14BrF3N2O3/c18-11-2-3-14-12(7-11)13(5-6-25-14)23-16(24)10-1-4-15(22-8-10)26-9-17(19,20)21/h1-4,7-8,13H,5-6,9H2,(H,23,24). The molecule has 5 nitrogen and oxygen atoms in total. The largest absolute Gasteiger partial charge is 0.493 e. The van der Waals surface area contributed by atoms with Gasteiger partial charge in [-0.25, -0.2) is 4.98 Å². The number of fused-ring (bicyclic) bond motifs is 1. The quantitative estimate of drug-likeness (QED) is 0.794. The predicted octanol–water partition coefficient (Wildman–Crippen LogP) is 4.04. The highest BCUT2D eigenvalue weighted by Crippen LogP contribution is 2.34. The molecule has 9 heteroatoms. The molecule has 0 bridgehead atoms. The number of alkyl halides is 3. The number of carbonyl (C=O) groups excluding carboxylic acids is 1. The summed E-state index contributed by atoms with van der Waals surface area (Å²) >= 11 is 3.39. The molecule has 3 rings (SSSR count). The van der Waals surface area contributed by atoms with Gasteiger partial charge in [0, 0.05) is 28.7 Å². The van der Waals surface area contributed by atoms with Crippen molar-refractivity contribution in [2.45, 2.75) is 18.6 Å². The Kier molecular flexibility index (Phi) is 5.36. The van der Waals surface area contributed by atoms with Gasteiger partial charge in [0.1, 0.15) is 5.75 Å². The number of hydrogen-bond acceptors (Lipinski definition) is 4. The Morgan fingerprint density at radius 2 is 2.15 bits per heavy atom. The average molecular weight is 431 g/mol. The van der Waals surface area contributed by atoms with Crippen molar-refractivity contribution in [1.29, 1.82) is 0 Å². The minimum absolute atomic E-state index is 0.195. The fourth-order valence-electron chi connectivity index (χ4n) is 2.51. The molecule has 0 spiro atoms. The number of benzene rings is 1. The van der Waals surface area contributed by atoms with Crippen molar-refractivity contribution in [2.24, 2.45) is 0 Å². The Morgan fingerprint density at radius 3 is 2.85 bits per heavy atom. The maximum Gasteiger partial charge on any atom is 0.422 e. The van der Waals surface area contributed by atoms with Crippen LogP contribution in [0.5, 0.6) is 11.6 Å². The molecule has 26 heavy (non-hydrogen) atoms. The van der Waals surface area contributed by atoms with Gasteiger partial charge in [0.2, 0.25) is 5.88 Å². The fourth-order valence-corrected chi connectivity index (χ4v) is 2.89. The summed E-state index contributed by atoms with van der Waals surface area (Å²) in [5.74, 6) is 0.135. The third-order valence-corrected chi connectivity index (χ3v) is 4.19. The zero-order valence-electron chi connectivity index (χ0n) is 13.3. The molecule has 1 aliphatic rings. The van der Waals surface area contributed by atoms with E-state index in [1.165, 1.54) is 18.3 Å². The van der Waals surface area contributed by atoms with Crippen molar-refractivity contribution in [2.75, 3.05) is 13.2 Å². The molecule has 1 aliphatic heterocycles. The van der Waals surface area contributed by atoms with Gasteiger partial charge in [0.05, 0.1) is 18.2 Å². The summed E-state index contributed by atoms with van der Waals surface area (Å²) in [6.45, 7) is -0.957. The summed E-state index contributed by atoms with van der Waals surface area (Å²) in [4.78, 5) is 16.2. The molecule has 0 radical (unpaired) electrons. The number of aromatic nitrogens is 1. The smallest absolute Gasteiger partial charge is 0.422 e. The van der Waals surface area contributed by atoms with E-state index < -0.39 is 12.8 Å². The lowest BCUT2D eigenvalue weighted by atomic mass is 10.0. The van der Waals surface area contributed by atoms with E-state index in [-0.39, 0.29) is 23.4 Å². The number of rotatable bonds is 4. The van der Waals surface area contributed by atoms with Gasteiger partial charge in [0.25, 0.3) is 5.91 Å². The highest BCUT2D eigenvalue weighted by atomic mass is 79.9. The molecule has 1 N–H and O–H groups in total. The number of amides is 1. The summed E-state index contributed by atoms with van der Waals surface area (Å²) in [6, 6.07) is 7.93. The average Bonchev–Trinajstić information content (AvgIpc) is 2.60. The number of hydrogen-bond donors (Lipinski definition) is 1. The molecular weight excluding hydrogens is 417 g/mol. The van der Waals surface area contributed by atoms with Crippen LogP contribution in [0.3, 0.4) is 0 Å². The highest BCUT2D eigenvalue weighted by molar-refractivity contribution is 9.10. The lowest BCUT2D eigenvalue weighted by molar-refractivity contribution is -0.154. The molecule has 1 amide bonds. The van der Waals surface area contributed by atoms with Crippen LogP contribution in [-0.4, -0.2) is 30.3 Å². The Labute approximate surface area is 155 Å². The molecular formula is C17H14BrF3N2O3. The molecule has 0 fully saturated rings. The minimum atomic E-state index is -4.44. The van der Waals surface area contributed by atoms with E-state index in [1.54, 1.807) is 0 Å². The summed E-state index contributed by atoms with van der Waals surface area (Å²) in [6.07, 6.45) is -2.65. The van der Waals surface area contributed by atoms with Gasteiger partial charge in [0.15, 0.2) is 6.61 Å². The fraction of sp³-hybridized carbons (Fsp3) is 0.294. The highest BCUT2D eigenvalue weighted by Gasteiger charge is 2.29. The second kappa shape index (κ2) is 7.53. The van der Waals surface area contributed by atoms with Crippen molar-refractivity contribution < 1.29 is 27.4 Å². The van der Waals surface area contributed by atoms with Gasteiger partial charge >= 0.3 is 6.18 Å². The first-order valence-electron chi connectivity index (χ1n) is 7.70. The van der Waals surface area contributed by atoms with Crippen LogP contribution in [-0.2, 0) is 0 Å². The molecule has 0 aliphatic carbocycles. The van der Waals surface area contributed by atoms with Crippen LogP contribution in [0.2, 0.25) is 0 Å². The van der Waals surface area contributed by atoms with E-state index in [2.05, 4.69) is 31.0 Å². The Balaban J connectivity index is 1.67. The number of nitrogens with zero attached hydrogens (tertiary/aromatic N) is 1. The van der Waals surface area contributed by atoms with Crippen LogP contribution in [0.15, 0.2) is 41.0 Å². The first-order valence-corrected chi connectivity index (χ1v) is 8.50. The molecule has 2 heterocycles. The second-order valence-electron chi connectivity index (χ2n) is 5.63. The zero-order chi connectivity index (χ0) is 18.7. The van der Waals surface area contributed by atoms with Gasteiger partial charge in [-0.05, 0) is 24.3 Å². The maximum absolute atomic E-state index is 12.4. The summed E-state index contributed by atoms with van der Waals surface area (Å²) < 4.78 is 47.4. The Bertz CT molecular complexity index is 797. The molecule has 1 unspecified atom stereocenters. The molecule has 138 valence electrons. The first-order chi connectivity index (χ1) is 12.3. The monoisotopic (exact) mass is 430 g/mol. The van der Waals surface area contributed by atoms with Crippen LogP contribution in [0.25, 0.3) is 0 Å². The van der Waals surface area contributed by atoms with Crippen molar-refractivity contribution in [3.05, 3.63) is 52.1 Å². The van der Waals surface area contributed by atoms with Crippen molar-refractivity contribution >= 4 is 21.8 Å². The number of ether oxygens (including phenoxy) is 2. The molecule has 2 aromatic rings. The normalized spacial score (nSPS) is 16.4.